The fourth-order valence-corrected chi connectivity index (χ4v) is 3.57. The molecule has 1 aromatic rings. The van der Waals surface area contributed by atoms with Gasteiger partial charge in [0, 0.05) is 18.2 Å². The molecule has 1 aliphatic heterocycles. The number of sulfonamides is 1. The molecule has 2 N–H and O–H groups in total. The molecule has 1 saturated heterocycles. The Morgan fingerprint density at radius 3 is 2.74 bits per heavy atom. The number of hydrogen-bond acceptors (Lipinski definition) is 3. The van der Waals surface area contributed by atoms with Crippen molar-refractivity contribution in [3.63, 3.8) is 0 Å². The van der Waals surface area contributed by atoms with Crippen LogP contribution in [0.3, 0.4) is 0 Å². The Kier molecular flexibility index (Phi) is 4.17. The molecule has 7 heteroatoms. The van der Waals surface area contributed by atoms with E-state index in [9.17, 15) is 17.2 Å². The van der Waals surface area contributed by atoms with Gasteiger partial charge >= 0.3 is 0 Å². The summed E-state index contributed by atoms with van der Waals surface area (Å²) in [5.74, 6) is -1.88. The molecular weight excluding hydrogens is 274 g/mol. The zero-order chi connectivity index (χ0) is 14.0. The van der Waals surface area contributed by atoms with Gasteiger partial charge in [-0.15, -0.1) is 0 Å². The second-order valence-electron chi connectivity index (χ2n) is 4.69. The summed E-state index contributed by atoms with van der Waals surface area (Å²) in [5.41, 5.74) is 0. The fraction of sp³-hybridized carbons (Fsp3) is 0.500. The molecule has 0 amide bonds. The Morgan fingerprint density at radius 2 is 2.11 bits per heavy atom. The molecule has 106 valence electrons. The predicted octanol–water partition coefficient (Wildman–Crippen LogP) is 1.38. The zero-order valence-electron chi connectivity index (χ0n) is 10.5. The van der Waals surface area contributed by atoms with Crippen molar-refractivity contribution < 1.29 is 17.2 Å². The molecule has 0 aliphatic carbocycles. The highest BCUT2D eigenvalue weighted by atomic mass is 32.2. The van der Waals surface area contributed by atoms with E-state index in [0.717, 1.165) is 25.1 Å². The highest BCUT2D eigenvalue weighted by molar-refractivity contribution is 7.89. The number of benzene rings is 1. The van der Waals surface area contributed by atoms with E-state index in [1.165, 1.54) is 0 Å². The minimum Gasteiger partial charge on any atom is -0.313 e. The Bertz CT molecular complexity index is 563. The third-order valence-electron chi connectivity index (χ3n) is 3.25. The van der Waals surface area contributed by atoms with Crippen molar-refractivity contribution in [3.8, 4) is 0 Å². The van der Waals surface area contributed by atoms with Crippen LogP contribution in [0.2, 0.25) is 0 Å². The maximum Gasteiger partial charge on any atom is 0.243 e. The minimum atomic E-state index is -3.97. The molecule has 2 atom stereocenters. The lowest BCUT2D eigenvalue weighted by atomic mass is 10.0. The van der Waals surface area contributed by atoms with Crippen molar-refractivity contribution in [3.05, 3.63) is 29.8 Å². The Hall–Kier alpha value is -1.05. The molecule has 19 heavy (non-hydrogen) atoms. The van der Waals surface area contributed by atoms with Gasteiger partial charge in [-0.1, -0.05) is 0 Å². The molecule has 1 aliphatic rings. The number of piperidine rings is 1. The molecule has 1 fully saturated rings. The van der Waals surface area contributed by atoms with Crippen molar-refractivity contribution in [1.82, 2.24) is 10.0 Å². The maximum atomic E-state index is 13.5. The number of hydrogen-bond donors (Lipinski definition) is 2. The SMILES string of the molecule is CC1NCCCC1NS(=O)(=O)c1ccc(F)cc1F. The van der Waals surface area contributed by atoms with Crippen LogP contribution in [0.15, 0.2) is 23.1 Å². The molecule has 0 spiro atoms. The molecule has 4 nitrogen and oxygen atoms in total. The summed E-state index contributed by atoms with van der Waals surface area (Å²) in [6.45, 7) is 2.71. The van der Waals surface area contributed by atoms with Crippen molar-refractivity contribution in [2.75, 3.05) is 6.54 Å². The van der Waals surface area contributed by atoms with Crippen LogP contribution in [-0.2, 0) is 10.0 Å². The van der Waals surface area contributed by atoms with Crippen LogP contribution in [0.1, 0.15) is 19.8 Å². The fourth-order valence-electron chi connectivity index (χ4n) is 2.16. The topological polar surface area (TPSA) is 58.2 Å². The van der Waals surface area contributed by atoms with Gasteiger partial charge in [-0.3, -0.25) is 0 Å². The molecule has 1 heterocycles. The summed E-state index contributed by atoms with van der Waals surface area (Å²) in [6.07, 6.45) is 1.54. The first-order chi connectivity index (χ1) is 8.90. The van der Waals surface area contributed by atoms with Gasteiger partial charge in [-0.2, -0.15) is 0 Å². The first kappa shape index (κ1) is 14.4. The molecule has 0 radical (unpaired) electrons. The van der Waals surface area contributed by atoms with E-state index in [1.54, 1.807) is 0 Å². The number of halogens is 2. The third kappa shape index (κ3) is 3.29. The number of rotatable bonds is 3. The van der Waals surface area contributed by atoms with Gasteiger partial charge in [0.1, 0.15) is 16.5 Å². The van der Waals surface area contributed by atoms with Gasteiger partial charge in [0.25, 0.3) is 0 Å². The Morgan fingerprint density at radius 1 is 1.37 bits per heavy atom. The van der Waals surface area contributed by atoms with Crippen LogP contribution >= 0.6 is 0 Å². The van der Waals surface area contributed by atoms with Crippen molar-refractivity contribution >= 4 is 10.0 Å². The Balaban J connectivity index is 2.22. The predicted molar refractivity (Wildman–Crippen MR) is 67.2 cm³/mol. The number of nitrogens with one attached hydrogen (secondary N) is 2. The van der Waals surface area contributed by atoms with Crippen LogP contribution in [0, 0.1) is 11.6 Å². The van der Waals surface area contributed by atoms with E-state index in [2.05, 4.69) is 10.0 Å². The first-order valence-corrected chi connectivity index (χ1v) is 7.59. The van der Waals surface area contributed by atoms with E-state index in [1.807, 2.05) is 6.92 Å². The zero-order valence-corrected chi connectivity index (χ0v) is 11.3. The van der Waals surface area contributed by atoms with Crippen molar-refractivity contribution in [1.29, 1.82) is 0 Å². The second-order valence-corrected chi connectivity index (χ2v) is 6.37. The van der Waals surface area contributed by atoms with Crippen molar-refractivity contribution in [2.45, 2.75) is 36.7 Å². The quantitative estimate of drug-likeness (QED) is 0.884. The first-order valence-electron chi connectivity index (χ1n) is 6.11. The van der Waals surface area contributed by atoms with Crippen molar-refractivity contribution in [2.24, 2.45) is 0 Å². The van der Waals surface area contributed by atoms with Crippen LogP contribution in [0.5, 0.6) is 0 Å². The Labute approximate surface area is 111 Å². The van der Waals surface area contributed by atoms with Gasteiger partial charge in [0.15, 0.2) is 0 Å². The molecule has 2 unspecified atom stereocenters. The lowest BCUT2D eigenvalue weighted by Gasteiger charge is -2.30. The van der Waals surface area contributed by atoms with E-state index >= 15 is 0 Å². The molecular formula is C12H16F2N2O2S. The smallest absolute Gasteiger partial charge is 0.243 e. The minimum absolute atomic E-state index is 0.0213. The normalized spacial score (nSPS) is 24.4. The molecule has 2 rings (SSSR count). The average molecular weight is 290 g/mol. The molecule has 0 aromatic heterocycles. The van der Waals surface area contributed by atoms with Crippen LogP contribution in [-0.4, -0.2) is 27.0 Å². The van der Waals surface area contributed by atoms with E-state index in [-0.39, 0.29) is 12.1 Å². The summed E-state index contributed by atoms with van der Waals surface area (Å²) in [6, 6.07) is 2.13. The van der Waals surface area contributed by atoms with E-state index in [4.69, 9.17) is 0 Å². The average Bonchev–Trinajstić information content (AvgIpc) is 2.31. The summed E-state index contributed by atoms with van der Waals surface area (Å²) in [7, 11) is -3.97. The van der Waals surface area contributed by atoms with Gasteiger partial charge in [-0.25, -0.2) is 21.9 Å². The summed E-state index contributed by atoms with van der Waals surface area (Å²) >= 11 is 0. The third-order valence-corrected chi connectivity index (χ3v) is 4.77. The largest absolute Gasteiger partial charge is 0.313 e. The van der Waals surface area contributed by atoms with Gasteiger partial charge in [0.05, 0.1) is 0 Å². The maximum absolute atomic E-state index is 13.5. The summed E-state index contributed by atoms with van der Waals surface area (Å²) in [4.78, 5) is -0.522. The van der Waals surface area contributed by atoms with Crippen LogP contribution in [0.4, 0.5) is 8.78 Å². The standard InChI is InChI=1S/C12H16F2N2O2S/c1-8-11(3-2-6-15-8)16-19(17,18)12-5-4-9(13)7-10(12)14/h4-5,7-8,11,15-16H,2-3,6H2,1H3. The van der Waals surface area contributed by atoms with Crippen LogP contribution in [0.25, 0.3) is 0 Å². The van der Waals surface area contributed by atoms with E-state index in [0.29, 0.717) is 12.5 Å². The summed E-state index contributed by atoms with van der Waals surface area (Å²) < 4.78 is 52.9. The molecule has 0 bridgehead atoms. The van der Waals surface area contributed by atoms with Gasteiger partial charge in [0.2, 0.25) is 10.0 Å². The van der Waals surface area contributed by atoms with Gasteiger partial charge in [-0.05, 0) is 38.4 Å². The summed E-state index contributed by atoms with van der Waals surface area (Å²) in [5, 5.41) is 3.15. The highest BCUT2D eigenvalue weighted by Gasteiger charge is 2.28. The highest BCUT2D eigenvalue weighted by Crippen LogP contribution is 2.18. The monoisotopic (exact) mass is 290 g/mol. The molecule has 0 saturated carbocycles. The van der Waals surface area contributed by atoms with Gasteiger partial charge < -0.3 is 5.32 Å². The van der Waals surface area contributed by atoms with E-state index < -0.39 is 26.6 Å². The lowest BCUT2D eigenvalue weighted by Crippen LogP contribution is -2.51. The lowest BCUT2D eigenvalue weighted by molar-refractivity contribution is 0.348. The second kappa shape index (κ2) is 5.52. The van der Waals surface area contributed by atoms with Crippen LogP contribution < -0.4 is 10.0 Å². The molecule has 1 aromatic carbocycles.